The first-order valence-corrected chi connectivity index (χ1v) is 7.52. The molecule has 90 valence electrons. The average molecular weight is 258 g/mol. The van der Waals surface area contributed by atoms with Gasteiger partial charge in [0, 0.05) is 12.1 Å². The molecule has 1 fully saturated rings. The normalized spacial score (nSPS) is 24.4. The van der Waals surface area contributed by atoms with Crippen molar-refractivity contribution in [3.8, 4) is 0 Å². The van der Waals surface area contributed by atoms with E-state index in [2.05, 4.69) is 12.2 Å². The molecule has 5 heteroatoms. The molecule has 0 aromatic heterocycles. The third-order valence-corrected chi connectivity index (χ3v) is 5.83. The number of hydrogen-bond donors (Lipinski definition) is 2. The van der Waals surface area contributed by atoms with Crippen LogP contribution in [0.4, 0.5) is 0 Å². The Morgan fingerprint density at radius 1 is 1.56 bits per heavy atom. The third kappa shape index (κ3) is 2.41. The van der Waals surface area contributed by atoms with Gasteiger partial charge in [-0.15, -0.1) is 23.5 Å². The number of nitrogens with two attached hydrogens (primary N) is 1. The summed E-state index contributed by atoms with van der Waals surface area (Å²) in [7, 11) is 0. The van der Waals surface area contributed by atoms with Crippen LogP contribution in [0.15, 0.2) is 10.8 Å². The molecule has 1 heterocycles. The van der Waals surface area contributed by atoms with Crippen molar-refractivity contribution in [2.45, 2.75) is 48.8 Å². The van der Waals surface area contributed by atoms with E-state index < -0.39 is 4.08 Å². The second-order valence-corrected chi connectivity index (χ2v) is 6.88. The van der Waals surface area contributed by atoms with E-state index in [-0.39, 0.29) is 11.9 Å². The van der Waals surface area contributed by atoms with Gasteiger partial charge in [-0.25, -0.2) is 0 Å². The van der Waals surface area contributed by atoms with Gasteiger partial charge in [-0.05, 0) is 30.1 Å². The number of thioether (sulfide) groups is 2. The van der Waals surface area contributed by atoms with Gasteiger partial charge in [-0.3, -0.25) is 4.79 Å². The summed E-state index contributed by atoms with van der Waals surface area (Å²) in [5.74, 6) is 0.107. The predicted octanol–water partition coefficient (Wildman–Crippen LogP) is 2.04. The Balaban J connectivity index is 2.04. The maximum atomic E-state index is 12.3. The van der Waals surface area contributed by atoms with Crippen LogP contribution in [0.1, 0.15) is 32.6 Å². The summed E-state index contributed by atoms with van der Waals surface area (Å²) in [5.41, 5.74) is 6.18. The van der Waals surface area contributed by atoms with Crippen LogP contribution in [-0.4, -0.2) is 22.1 Å². The van der Waals surface area contributed by atoms with Gasteiger partial charge in [0.05, 0.1) is 0 Å². The lowest BCUT2D eigenvalue weighted by molar-refractivity contribution is -0.121. The lowest BCUT2D eigenvalue weighted by atomic mass is 10.1. The Bertz CT molecular complexity index is 294. The number of carbonyl (C=O) groups is 1. The molecule has 1 saturated carbocycles. The monoisotopic (exact) mass is 258 g/mol. The highest BCUT2D eigenvalue weighted by molar-refractivity contribution is 8.24. The molecule has 1 aliphatic heterocycles. The predicted molar refractivity (Wildman–Crippen MR) is 71.1 cm³/mol. The number of amides is 1. The van der Waals surface area contributed by atoms with Crippen molar-refractivity contribution in [1.82, 2.24) is 5.32 Å². The van der Waals surface area contributed by atoms with E-state index in [4.69, 9.17) is 5.73 Å². The molecule has 0 saturated heterocycles. The van der Waals surface area contributed by atoms with Crippen molar-refractivity contribution in [3.05, 3.63) is 10.8 Å². The van der Waals surface area contributed by atoms with Crippen LogP contribution in [0.25, 0.3) is 0 Å². The number of carbonyl (C=O) groups excluding carboxylic acids is 1. The lowest BCUT2D eigenvalue weighted by Crippen LogP contribution is -2.53. The molecule has 0 bridgehead atoms. The number of rotatable bonds is 5. The lowest BCUT2D eigenvalue weighted by Gasteiger charge is -2.31. The maximum Gasteiger partial charge on any atom is 0.248 e. The zero-order chi connectivity index (χ0) is 11.6. The molecule has 2 rings (SSSR count). The maximum absolute atomic E-state index is 12.3. The van der Waals surface area contributed by atoms with Crippen LogP contribution in [-0.2, 0) is 4.79 Å². The van der Waals surface area contributed by atoms with Crippen LogP contribution in [0.5, 0.6) is 0 Å². The Kier molecular flexibility index (Phi) is 3.87. The van der Waals surface area contributed by atoms with Gasteiger partial charge in [-0.1, -0.05) is 13.3 Å². The summed E-state index contributed by atoms with van der Waals surface area (Å²) < 4.78 is -0.515. The SMILES string of the molecule is CCC[C@H](N)C1(C(=O)NC2CC2)SC=CS1. The zero-order valence-corrected chi connectivity index (χ0v) is 11.1. The Hall–Kier alpha value is -0.130. The molecule has 0 aromatic rings. The fourth-order valence-electron chi connectivity index (χ4n) is 1.75. The van der Waals surface area contributed by atoms with E-state index in [0.29, 0.717) is 6.04 Å². The molecule has 1 aliphatic carbocycles. The van der Waals surface area contributed by atoms with E-state index in [1.54, 1.807) is 23.5 Å². The zero-order valence-electron chi connectivity index (χ0n) is 9.44. The molecule has 0 unspecified atom stereocenters. The molecule has 16 heavy (non-hydrogen) atoms. The Labute approximate surface area is 105 Å². The first kappa shape index (κ1) is 12.3. The van der Waals surface area contributed by atoms with Gasteiger partial charge in [0.2, 0.25) is 5.91 Å². The molecule has 3 nitrogen and oxygen atoms in total. The summed E-state index contributed by atoms with van der Waals surface area (Å²) in [6.45, 7) is 2.10. The van der Waals surface area contributed by atoms with E-state index in [9.17, 15) is 4.79 Å². The number of nitrogens with one attached hydrogen (secondary N) is 1. The highest BCUT2D eigenvalue weighted by Crippen LogP contribution is 2.48. The minimum atomic E-state index is -0.515. The van der Waals surface area contributed by atoms with Crippen molar-refractivity contribution >= 4 is 29.4 Å². The van der Waals surface area contributed by atoms with E-state index in [0.717, 1.165) is 25.7 Å². The highest BCUT2D eigenvalue weighted by Gasteiger charge is 2.47. The van der Waals surface area contributed by atoms with Crippen molar-refractivity contribution in [2.75, 3.05) is 0 Å². The van der Waals surface area contributed by atoms with Gasteiger partial charge in [0.1, 0.15) is 0 Å². The van der Waals surface area contributed by atoms with E-state index in [1.807, 2.05) is 10.8 Å². The molecule has 0 spiro atoms. The molecule has 1 amide bonds. The topological polar surface area (TPSA) is 55.1 Å². The second kappa shape index (κ2) is 5.02. The van der Waals surface area contributed by atoms with Crippen LogP contribution >= 0.6 is 23.5 Å². The summed E-state index contributed by atoms with van der Waals surface area (Å²) in [5, 5.41) is 7.03. The largest absolute Gasteiger partial charge is 0.351 e. The minimum Gasteiger partial charge on any atom is -0.351 e. The van der Waals surface area contributed by atoms with Crippen LogP contribution in [0.3, 0.4) is 0 Å². The summed E-state index contributed by atoms with van der Waals surface area (Å²) in [6, 6.07) is 0.321. The Morgan fingerprint density at radius 2 is 2.19 bits per heavy atom. The molecule has 2 aliphatic rings. The van der Waals surface area contributed by atoms with Gasteiger partial charge < -0.3 is 11.1 Å². The summed E-state index contributed by atoms with van der Waals surface area (Å²) in [4.78, 5) is 12.3. The fourth-order valence-corrected chi connectivity index (χ4v) is 4.07. The molecule has 0 radical (unpaired) electrons. The quantitative estimate of drug-likeness (QED) is 0.792. The van der Waals surface area contributed by atoms with Gasteiger partial charge in [0.15, 0.2) is 4.08 Å². The van der Waals surface area contributed by atoms with Crippen molar-refractivity contribution in [3.63, 3.8) is 0 Å². The second-order valence-electron chi connectivity index (χ2n) is 4.32. The van der Waals surface area contributed by atoms with Crippen molar-refractivity contribution in [2.24, 2.45) is 5.73 Å². The van der Waals surface area contributed by atoms with Crippen molar-refractivity contribution in [1.29, 1.82) is 0 Å². The van der Waals surface area contributed by atoms with Gasteiger partial charge in [0.25, 0.3) is 0 Å². The standard InChI is InChI=1S/C11H18N2OS2/c1-2-3-9(12)11(15-6-7-16-11)10(14)13-8-4-5-8/h6-9H,2-5,12H2,1H3,(H,13,14)/t9-/m0/s1. The first-order valence-electron chi connectivity index (χ1n) is 5.76. The van der Waals surface area contributed by atoms with Crippen LogP contribution < -0.4 is 11.1 Å². The third-order valence-electron chi connectivity index (χ3n) is 2.86. The van der Waals surface area contributed by atoms with Crippen LogP contribution in [0, 0.1) is 0 Å². The van der Waals surface area contributed by atoms with Crippen molar-refractivity contribution < 1.29 is 4.79 Å². The van der Waals surface area contributed by atoms with Gasteiger partial charge >= 0.3 is 0 Å². The Morgan fingerprint density at radius 3 is 2.69 bits per heavy atom. The smallest absolute Gasteiger partial charge is 0.248 e. The van der Waals surface area contributed by atoms with E-state index >= 15 is 0 Å². The first-order chi connectivity index (χ1) is 7.69. The molecule has 1 atom stereocenters. The number of hydrogen-bond acceptors (Lipinski definition) is 4. The molecular formula is C11H18N2OS2. The average Bonchev–Trinajstić information content (AvgIpc) is 2.94. The van der Waals surface area contributed by atoms with E-state index in [1.165, 1.54) is 0 Å². The molecule has 3 N–H and O–H groups in total. The highest BCUT2D eigenvalue weighted by atomic mass is 32.2. The summed E-state index contributed by atoms with van der Waals surface area (Å²) in [6.07, 6.45) is 4.14. The molecule has 0 aromatic carbocycles. The van der Waals surface area contributed by atoms with Crippen LogP contribution in [0.2, 0.25) is 0 Å². The minimum absolute atomic E-state index is 0.0822. The van der Waals surface area contributed by atoms with Gasteiger partial charge in [-0.2, -0.15) is 0 Å². The summed E-state index contributed by atoms with van der Waals surface area (Å²) >= 11 is 3.12. The fraction of sp³-hybridized carbons (Fsp3) is 0.727. The molecular weight excluding hydrogens is 240 g/mol.